The van der Waals surface area contributed by atoms with Crippen LogP contribution < -0.4 is 5.32 Å². The minimum atomic E-state index is 0.580. The molecule has 4 nitrogen and oxygen atoms in total. The van der Waals surface area contributed by atoms with Crippen LogP contribution in [0.2, 0.25) is 0 Å². The Labute approximate surface area is 98.9 Å². The maximum absolute atomic E-state index is 4.21. The molecule has 0 amide bonds. The van der Waals surface area contributed by atoms with Crippen molar-refractivity contribution in [3.63, 3.8) is 0 Å². The minimum Gasteiger partial charge on any atom is -0.305 e. The molecule has 0 saturated carbocycles. The second-order valence-corrected chi connectivity index (χ2v) is 4.99. The maximum Gasteiger partial charge on any atom is 0.140 e. The van der Waals surface area contributed by atoms with E-state index in [-0.39, 0.29) is 0 Å². The normalized spacial score (nSPS) is 10.9. The highest BCUT2D eigenvalue weighted by molar-refractivity contribution is 9.11. The molecular weight excluding hydrogens is 256 g/mol. The van der Waals surface area contributed by atoms with E-state index in [0.29, 0.717) is 5.92 Å². The molecule has 5 heteroatoms. The van der Waals surface area contributed by atoms with E-state index in [1.807, 2.05) is 4.68 Å². The molecule has 0 fully saturated rings. The van der Waals surface area contributed by atoms with Crippen molar-refractivity contribution in [1.29, 1.82) is 0 Å². The second kappa shape index (κ2) is 6.02. The number of hydrogen-bond donors (Lipinski definition) is 1. The summed E-state index contributed by atoms with van der Waals surface area (Å²) >= 11 is 3.30. The number of hydrogen-bond acceptors (Lipinski definition) is 3. The standard InChI is InChI=1S/C10H17BrN4/c1-8(2)6-15-10(13-7-14-15)5-12-4-9(3)11/h7-8,12H,3-6H2,1-2H3. The van der Waals surface area contributed by atoms with E-state index in [1.165, 1.54) is 0 Å². The van der Waals surface area contributed by atoms with Crippen LogP contribution in [0, 0.1) is 5.92 Å². The van der Waals surface area contributed by atoms with Crippen LogP contribution in [-0.2, 0) is 13.1 Å². The number of nitrogens with one attached hydrogen (secondary N) is 1. The summed E-state index contributed by atoms with van der Waals surface area (Å²) in [6.07, 6.45) is 1.60. The van der Waals surface area contributed by atoms with Gasteiger partial charge < -0.3 is 5.32 Å². The van der Waals surface area contributed by atoms with Crippen LogP contribution in [0.5, 0.6) is 0 Å². The van der Waals surface area contributed by atoms with Gasteiger partial charge in [0.1, 0.15) is 12.2 Å². The van der Waals surface area contributed by atoms with Crippen LogP contribution in [-0.4, -0.2) is 21.3 Å². The van der Waals surface area contributed by atoms with Crippen molar-refractivity contribution in [2.45, 2.75) is 26.9 Å². The topological polar surface area (TPSA) is 42.7 Å². The Balaban J connectivity index is 2.46. The monoisotopic (exact) mass is 272 g/mol. The Morgan fingerprint density at radius 1 is 1.67 bits per heavy atom. The fourth-order valence-electron chi connectivity index (χ4n) is 1.23. The minimum absolute atomic E-state index is 0.580. The predicted molar refractivity (Wildman–Crippen MR) is 64.6 cm³/mol. The van der Waals surface area contributed by atoms with Gasteiger partial charge in [-0.15, -0.1) is 0 Å². The van der Waals surface area contributed by atoms with Gasteiger partial charge in [-0.25, -0.2) is 9.67 Å². The quantitative estimate of drug-likeness (QED) is 0.861. The molecular formula is C10H17BrN4. The van der Waals surface area contributed by atoms with Crippen molar-refractivity contribution in [3.8, 4) is 0 Å². The number of halogens is 1. The number of rotatable bonds is 6. The van der Waals surface area contributed by atoms with Gasteiger partial charge in [0.15, 0.2) is 0 Å². The predicted octanol–water partition coefficient (Wildman–Crippen LogP) is 1.93. The first-order valence-electron chi connectivity index (χ1n) is 5.00. The van der Waals surface area contributed by atoms with Crippen molar-refractivity contribution in [1.82, 2.24) is 20.1 Å². The molecule has 1 aromatic rings. The molecule has 1 heterocycles. The Bertz CT molecular complexity index is 319. The summed E-state index contributed by atoms with van der Waals surface area (Å²) < 4.78 is 2.88. The number of nitrogens with zero attached hydrogens (tertiary/aromatic N) is 3. The van der Waals surface area contributed by atoms with E-state index >= 15 is 0 Å². The summed E-state index contributed by atoms with van der Waals surface area (Å²) in [5.41, 5.74) is 0. The lowest BCUT2D eigenvalue weighted by Crippen LogP contribution is -2.19. The van der Waals surface area contributed by atoms with Crippen LogP contribution >= 0.6 is 15.9 Å². The summed E-state index contributed by atoms with van der Waals surface area (Å²) in [4.78, 5) is 4.21. The summed E-state index contributed by atoms with van der Waals surface area (Å²) in [6.45, 7) is 10.5. The maximum atomic E-state index is 4.21. The van der Waals surface area contributed by atoms with Crippen LogP contribution in [0.4, 0.5) is 0 Å². The van der Waals surface area contributed by atoms with E-state index in [2.05, 4.69) is 51.8 Å². The Kier molecular flexibility index (Phi) is 4.98. The lowest BCUT2D eigenvalue weighted by Gasteiger charge is -2.08. The molecule has 1 N–H and O–H groups in total. The fraction of sp³-hybridized carbons (Fsp3) is 0.600. The lowest BCUT2D eigenvalue weighted by molar-refractivity contribution is 0.460. The molecule has 0 bridgehead atoms. The molecule has 0 aliphatic carbocycles. The van der Waals surface area contributed by atoms with Gasteiger partial charge in [-0.1, -0.05) is 36.4 Å². The SMILES string of the molecule is C=C(Br)CNCc1ncnn1CC(C)C. The molecule has 1 aromatic heterocycles. The average molecular weight is 273 g/mol. The molecule has 0 aliphatic rings. The largest absolute Gasteiger partial charge is 0.305 e. The third kappa shape index (κ3) is 4.57. The zero-order chi connectivity index (χ0) is 11.3. The van der Waals surface area contributed by atoms with Gasteiger partial charge in [-0.05, 0) is 5.92 Å². The first-order chi connectivity index (χ1) is 7.09. The zero-order valence-corrected chi connectivity index (χ0v) is 10.8. The van der Waals surface area contributed by atoms with Crippen molar-refractivity contribution in [2.24, 2.45) is 5.92 Å². The molecule has 15 heavy (non-hydrogen) atoms. The third-order valence-corrected chi connectivity index (χ3v) is 2.11. The van der Waals surface area contributed by atoms with Gasteiger partial charge in [-0.3, -0.25) is 0 Å². The van der Waals surface area contributed by atoms with E-state index in [0.717, 1.165) is 29.9 Å². The van der Waals surface area contributed by atoms with E-state index in [1.54, 1.807) is 6.33 Å². The molecule has 0 spiro atoms. The third-order valence-electron chi connectivity index (χ3n) is 1.83. The number of aromatic nitrogens is 3. The van der Waals surface area contributed by atoms with Crippen LogP contribution in [0.25, 0.3) is 0 Å². The smallest absolute Gasteiger partial charge is 0.140 e. The van der Waals surface area contributed by atoms with Crippen LogP contribution in [0.15, 0.2) is 17.4 Å². The molecule has 0 radical (unpaired) electrons. The van der Waals surface area contributed by atoms with Crippen molar-refractivity contribution < 1.29 is 0 Å². The van der Waals surface area contributed by atoms with Gasteiger partial charge >= 0.3 is 0 Å². The van der Waals surface area contributed by atoms with Gasteiger partial charge in [0.25, 0.3) is 0 Å². The van der Waals surface area contributed by atoms with E-state index in [9.17, 15) is 0 Å². The van der Waals surface area contributed by atoms with Gasteiger partial charge in [-0.2, -0.15) is 5.10 Å². The van der Waals surface area contributed by atoms with Crippen molar-refractivity contribution >= 4 is 15.9 Å². The highest BCUT2D eigenvalue weighted by atomic mass is 79.9. The van der Waals surface area contributed by atoms with Crippen molar-refractivity contribution in [3.05, 3.63) is 23.2 Å². The Morgan fingerprint density at radius 2 is 2.40 bits per heavy atom. The van der Waals surface area contributed by atoms with E-state index in [4.69, 9.17) is 0 Å². The summed E-state index contributed by atoms with van der Waals surface area (Å²) in [7, 11) is 0. The highest BCUT2D eigenvalue weighted by Gasteiger charge is 2.05. The fourth-order valence-corrected chi connectivity index (χ4v) is 1.43. The summed E-state index contributed by atoms with van der Waals surface area (Å²) in [6, 6.07) is 0. The molecule has 0 aromatic carbocycles. The van der Waals surface area contributed by atoms with Gasteiger partial charge in [0.2, 0.25) is 0 Å². The second-order valence-electron chi connectivity index (χ2n) is 3.87. The summed E-state index contributed by atoms with van der Waals surface area (Å²) in [5.74, 6) is 1.55. The molecule has 1 rings (SSSR count). The van der Waals surface area contributed by atoms with E-state index < -0.39 is 0 Å². The summed E-state index contributed by atoms with van der Waals surface area (Å²) in [5, 5.41) is 7.42. The van der Waals surface area contributed by atoms with Crippen LogP contribution in [0.1, 0.15) is 19.7 Å². The molecule has 0 atom stereocenters. The molecule has 0 aliphatic heterocycles. The Morgan fingerprint density at radius 3 is 3.00 bits per heavy atom. The van der Waals surface area contributed by atoms with Crippen molar-refractivity contribution in [2.75, 3.05) is 6.54 Å². The Hall–Kier alpha value is -0.680. The molecule has 0 unspecified atom stereocenters. The zero-order valence-electron chi connectivity index (χ0n) is 9.20. The van der Waals surface area contributed by atoms with Gasteiger partial charge in [0.05, 0.1) is 6.54 Å². The lowest BCUT2D eigenvalue weighted by atomic mass is 10.2. The molecule has 84 valence electrons. The van der Waals surface area contributed by atoms with Crippen LogP contribution in [0.3, 0.4) is 0 Å². The highest BCUT2D eigenvalue weighted by Crippen LogP contribution is 2.02. The first kappa shape index (κ1) is 12.4. The first-order valence-corrected chi connectivity index (χ1v) is 5.79. The van der Waals surface area contributed by atoms with Gasteiger partial charge in [0, 0.05) is 17.6 Å². The average Bonchev–Trinajstić information content (AvgIpc) is 2.51. The molecule has 0 saturated heterocycles.